The zero-order chi connectivity index (χ0) is 14.8. The van der Waals surface area contributed by atoms with Crippen LogP contribution in [-0.4, -0.2) is 23.7 Å². The molecule has 0 amide bonds. The molecule has 0 saturated carbocycles. The highest BCUT2D eigenvalue weighted by atomic mass is 35.5. The van der Waals surface area contributed by atoms with Crippen LogP contribution in [0, 0.1) is 0 Å². The van der Waals surface area contributed by atoms with E-state index in [2.05, 4.69) is 9.97 Å². The van der Waals surface area contributed by atoms with Crippen LogP contribution in [0.15, 0.2) is 36.4 Å². The molecule has 108 valence electrons. The summed E-state index contributed by atoms with van der Waals surface area (Å²) in [6.07, 6.45) is 0. The number of ether oxygens (including phenoxy) is 2. The summed E-state index contributed by atoms with van der Waals surface area (Å²) in [5.41, 5.74) is 2.75. The first-order chi connectivity index (χ1) is 10.2. The van der Waals surface area contributed by atoms with Gasteiger partial charge in [0.25, 0.3) is 0 Å². The van der Waals surface area contributed by atoms with E-state index in [1.54, 1.807) is 7.11 Å². The predicted octanol–water partition coefficient (Wildman–Crippen LogP) is 4.29. The van der Waals surface area contributed by atoms with E-state index in [0.717, 1.165) is 22.4 Å². The lowest BCUT2D eigenvalue weighted by atomic mass is 10.2. The van der Waals surface area contributed by atoms with E-state index in [-0.39, 0.29) is 0 Å². The Balaban J connectivity index is 2.11. The summed E-state index contributed by atoms with van der Waals surface area (Å²) >= 11 is 6.29. The van der Waals surface area contributed by atoms with Gasteiger partial charge < -0.3 is 14.5 Å². The van der Waals surface area contributed by atoms with E-state index in [1.807, 2.05) is 43.3 Å². The van der Waals surface area contributed by atoms with Gasteiger partial charge in [-0.2, -0.15) is 0 Å². The van der Waals surface area contributed by atoms with Gasteiger partial charge >= 0.3 is 0 Å². The molecule has 0 aliphatic carbocycles. The first kappa shape index (κ1) is 13.8. The van der Waals surface area contributed by atoms with Gasteiger partial charge in [-0.15, -0.1) is 0 Å². The maximum atomic E-state index is 6.29. The summed E-state index contributed by atoms with van der Waals surface area (Å²) in [7, 11) is 1.59. The van der Waals surface area contributed by atoms with Gasteiger partial charge in [0.1, 0.15) is 5.82 Å². The van der Waals surface area contributed by atoms with Gasteiger partial charge in [-0.1, -0.05) is 23.7 Å². The molecule has 4 nitrogen and oxygen atoms in total. The maximum absolute atomic E-state index is 6.29. The van der Waals surface area contributed by atoms with Crippen molar-refractivity contribution < 1.29 is 9.47 Å². The van der Waals surface area contributed by atoms with E-state index in [0.29, 0.717) is 23.1 Å². The van der Waals surface area contributed by atoms with Crippen molar-refractivity contribution >= 4 is 22.6 Å². The molecule has 1 heterocycles. The summed E-state index contributed by atoms with van der Waals surface area (Å²) in [5, 5.41) is 0.506. The Kier molecular flexibility index (Phi) is 3.71. The first-order valence-electron chi connectivity index (χ1n) is 6.68. The minimum Gasteiger partial charge on any atom is -0.493 e. The lowest BCUT2D eigenvalue weighted by Crippen LogP contribution is -1.97. The smallest absolute Gasteiger partial charge is 0.179 e. The molecule has 0 bridgehead atoms. The summed E-state index contributed by atoms with van der Waals surface area (Å²) in [6.45, 7) is 2.43. The SMILES string of the molecule is CCOc1c(Cl)cc(-c2nc3ccccc3[nH]2)cc1OC. The first-order valence-corrected chi connectivity index (χ1v) is 7.06. The number of rotatable bonds is 4. The molecule has 2 aromatic carbocycles. The quantitative estimate of drug-likeness (QED) is 0.782. The largest absolute Gasteiger partial charge is 0.493 e. The van der Waals surface area contributed by atoms with Gasteiger partial charge in [-0.3, -0.25) is 0 Å². The number of nitrogens with zero attached hydrogens (tertiary/aromatic N) is 1. The highest BCUT2D eigenvalue weighted by Gasteiger charge is 2.14. The van der Waals surface area contributed by atoms with Crippen LogP contribution in [0.25, 0.3) is 22.4 Å². The number of para-hydroxylation sites is 2. The molecule has 0 unspecified atom stereocenters. The molecule has 0 aliphatic heterocycles. The Morgan fingerprint density at radius 1 is 1.24 bits per heavy atom. The monoisotopic (exact) mass is 302 g/mol. The van der Waals surface area contributed by atoms with Crippen LogP contribution in [0.2, 0.25) is 5.02 Å². The van der Waals surface area contributed by atoms with Crippen LogP contribution in [0.4, 0.5) is 0 Å². The fourth-order valence-corrected chi connectivity index (χ4v) is 2.50. The molecule has 0 aliphatic rings. The molecule has 1 N–H and O–H groups in total. The third-order valence-electron chi connectivity index (χ3n) is 3.18. The van der Waals surface area contributed by atoms with Crippen molar-refractivity contribution in [2.75, 3.05) is 13.7 Å². The van der Waals surface area contributed by atoms with Gasteiger partial charge in [-0.25, -0.2) is 4.98 Å². The molecule has 0 saturated heterocycles. The van der Waals surface area contributed by atoms with Crippen molar-refractivity contribution in [1.29, 1.82) is 0 Å². The van der Waals surface area contributed by atoms with E-state index in [4.69, 9.17) is 21.1 Å². The number of benzene rings is 2. The van der Waals surface area contributed by atoms with Gasteiger partial charge in [0.15, 0.2) is 11.5 Å². The topological polar surface area (TPSA) is 47.1 Å². The molecule has 5 heteroatoms. The Morgan fingerprint density at radius 3 is 2.76 bits per heavy atom. The number of methoxy groups -OCH3 is 1. The highest BCUT2D eigenvalue weighted by molar-refractivity contribution is 6.32. The van der Waals surface area contributed by atoms with Crippen molar-refractivity contribution in [2.45, 2.75) is 6.92 Å². The van der Waals surface area contributed by atoms with Crippen molar-refractivity contribution in [1.82, 2.24) is 9.97 Å². The molecule has 0 radical (unpaired) electrons. The molecule has 3 aromatic rings. The van der Waals surface area contributed by atoms with Crippen LogP contribution in [0.5, 0.6) is 11.5 Å². The second-order valence-electron chi connectivity index (χ2n) is 4.53. The van der Waals surface area contributed by atoms with Crippen molar-refractivity contribution in [3.63, 3.8) is 0 Å². The second kappa shape index (κ2) is 5.66. The fourth-order valence-electron chi connectivity index (χ4n) is 2.23. The normalized spacial score (nSPS) is 10.8. The summed E-state index contributed by atoms with van der Waals surface area (Å²) < 4.78 is 10.9. The minimum atomic E-state index is 0.506. The van der Waals surface area contributed by atoms with Gasteiger partial charge in [0.05, 0.1) is 29.8 Å². The summed E-state index contributed by atoms with van der Waals surface area (Å²) in [5.74, 6) is 1.90. The molecule has 0 fully saturated rings. The summed E-state index contributed by atoms with van der Waals surface area (Å²) in [6, 6.07) is 11.6. The van der Waals surface area contributed by atoms with E-state index in [1.165, 1.54) is 0 Å². The number of hydrogen-bond donors (Lipinski definition) is 1. The Hall–Kier alpha value is -2.20. The Labute approximate surface area is 127 Å². The second-order valence-corrected chi connectivity index (χ2v) is 4.93. The zero-order valence-electron chi connectivity index (χ0n) is 11.8. The Bertz CT molecular complexity index is 750. The fraction of sp³-hybridized carbons (Fsp3) is 0.188. The van der Waals surface area contributed by atoms with Crippen LogP contribution in [-0.2, 0) is 0 Å². The minimum absolute atomic E-state index is 0.506. The van der Waals surface area contributed by atoms with Crippen LogP contribution >= 0.6 is 11.6 Å². The van der Waals surface area contributed by atoms with Gasteiger partial charge in [0, 0.05) is 5.56 Å². The highest BCUT2D eigenvalue weighted by Crippen LogP contribution is 2.39. The van der Waals surface area contributed by atoms with Crippen LogP contribution in [0.1, 0.15) is 6.92 Å². The molecular formula is C16H15ClN2O2. The van der Waals surface area contributed by atoms with Crippen LogP contribution < -0.4 is 9.47 Å². The third-order valence-corrected chi connectivity index (χ3v) is 3.46. The number of hydrogen-bond acceptors (Lipinski definition) is 3. The lowest BCUT2D eigenvalue weighted by molar-refractivity contribution is 0.311. The number of halogens is 1. The number of fused-ring (bicyclic) bond motifs is 1. The van der Waals surface area contributed by atoms with Crippen molar-refractivity contribution in [3.05, 3.63) is 41.4 Å². The van der Waals surface area contributed by atoms with E-state index in [9.17, 15) is 0 Å². The Morgan fingerprint density at radius 2 is 2.05 bits per heavy atom. The number of H-pyrrole nitrogens is 1. The average molecular weight is 303 g/mol. The number of nitrogens with one attached hydrogen (secondary N) is 1. The van der Waals surface area contributed by atoms with Crippen LogP contribution in [0.3, 0.4) is 0 Å². The van der Waals surface area contributed by atoms with Gasteiger partial charge in [0.2, 0.25) is 0 Å². The molecule has 21 heavy (non-hydrogen) atoms. The zero-order valence-corrected chi connectivity index (χ0v) is 12.6. The molecule has 0 atom stereocenters. The standard InChI is InChI=1S/C16H15ClN2O2/c1-3-21-15-11(17)8-10(9-14(15)20-2)16-18-12-6-4-5-7-13(12)19-16/h4-9H,3H2,1-2H3,(H,18,19). The van der Waals surface area contributed by atoms with Gasteiger partial charge in [-0.05, 0) is 31.2 Å². The maximum Gasteiger partial charge on any atom is 0.179 e. The number of imidazole rings is 1. The lowest BCUT2D eigenvalue weighted by Gasteiger charge is -2.12. The predicted molar refractivity (Wildman–Crippen MR) is 84.3 cm³/mol. The number of aromatic amines is 1. The average Bonchev–Trinajstić information content (AvgIpc) is 2.93. The van der Waals surface area contributed by atoms with Crippen molar-refractivity contribution in [2.24, 2.45) is 0 Å². The molecule has 3 rings (SSSR count). The third kappa shape index (κ3) is 2.54. The molecule has 0 spiro atoms. The number of aromatic nitrogens is 2. The molecule has 1 aromatic heterocycles. The molecular weight excluding hydrogens is 288 g/mol. The van der Waals surface area contributed by atoms with E-state index >= 15 is 0 Å². The summed E-state index contributed by atoms with van der Waals surface area (Å²) in [4.78, 5) is 7.84. The van der Waals surface area contributed by atoms with Crippen molar-refractivity contribution in [3.8, 4) is 22.9 Å². The van der Waals surface area contributed by atoms with E-state index < -0.39 is 0 Å².